The minimum atomic E-state index is -0.601. The minimum Gasteiger partial charge on any atom is -0.298 e. The van der Waals surface area contributed by atoms with E-state index < -0.39 is 11.1 Å². The Balaban J connectivity index is 1.86. The topological polar surface area (TPSA) is 100 Å². The number of hydrazone groups is 1. The molecule has 0 radical (unpaired) electrons. The lowest BCUT2D eigenvalue weighted by Gasteiger charge is -2.34. The molecule has 2 aromatic carbocycles. The van der Waals surface area contributed by atoms with Crippen molar-refractivity contribution < 1.29 is 9.72 Å². The van der Waals surface area contributed by atoms with Crippen LogP contribution in [0.4, 0.5) is 5.69 Å². The van der Waals surface area contributed by atoms with Gasteiger partial charge in [0.05, 0.1) is 10.3 Å². The van der Waals surface area contributed by atoms with Gasteiger partial charge in [0.1, 0.15) is 5.70 Å². The number of amidine groups is 1. The zero-order valence-corrected chi connectivity index (χ0v) is 15.4. The first-order chi connectivity index (χ1) is 13.6. The largest absolute Gasteiger partial charge is 0.298 e. The molecule has 2 heterocycles. The molecule has 0 bridgehead atoms. The molecule has 9 heteroatoms. The van der Waals surface area contributed by atoms with Crippen molar-refractivity contribution in [3.8, 4) is 0 Å². The maximum atomic E-state index is 12.8. The van der Waals surface area contributed by atoms with Crippen molar-refractivity contribution >= 4 is 34.2 Å². The third kappa shape index (κ3) is 3.16. The van der Waals surface area contributed by atoms with Crippen molar-refractivity contribution in [2.45, 2.75) is 6.17 Å². The molecule has 0 aromatic heterocycles. The van der Waals surface area contributed by atoms with Crippen LogP contribution in [-0.2, 0) is 4.79 Å². The molecule has 0 saturated carbocycles. The highest BCUT2D eigenvalue weighted by molar-refractivity contribution is 8.14. The Labute approximate surface area is 164 Å². The van der Waals surface area contributed by atoms with E-state index in [0.717, 1.165) is 0 Å². The van der Waals surface area contributed by atoms with Gasteiger partial charge in [-0.25, -0.2) is 5.01 Å². The van der Waals surface area contributed by atoms with Gasteiger partial charge in [-0.1, -0.05) is 36.0 Å². The number of hydrogen-bond donors (Lipinski definition) is 1. The summed E-state index contributed by atoms with van der Waals surface area (Å²) in [6.45, 7) is 3.68. The first-order valence-electron chi connectivity index (χ1n) is 8.43. The molecule has 2 aromatic rings. The van der Waals surface area contributed by atoms with Gasteiger partial charge in [0.15, 0.2) is 11.3 Å². The van der Waals surface area contributed by atoms with Crippen molar-refractivity contribution in [2.75, 3.05) is 5.75 Å². The lowest BCUT2D eigenvalue weighted by atomic mass is 10.1. The molecule has 0 saturated heterocycles. The van der Waals surface area contributed by atoms with E-state index >= 15 is 0 Å². The molecular weight excluding hydrogens is 378 g/mol. The highest BCUT2D eigenvalue weighted by Gasteiger charge is 2.34. The Kier molecular flexibility index (Phi) is 4.66. The maximum Gasteiger partial charge on any atom is 0.276 e. The lowest BCUT2D eigenvalue weighted by molar-refractivity contribution is -0.384. The monoisotopic (exact) mass is 393 g/mol. The number of thioether (sulfide) groups is 1. The number of fused-ring (bicyclic) bond motifs is 2. The zero-order chi connectivity index (χ0) is 19.7. The van der Waals surface area contributed by atoms with Crippen molar-refractivity contribution in [1.29, 1.82) is 0 Å². The predicted molar refractivity (Wildman–Crippen MR) is 107 cm³/mol. The van der Waals surface area contributed by atoms with Crippen LogP contribution in [-0.4, -0.2) is 26.8 Å². The van der Waals surface area contributed by atoms with Gasteiger partial charge in [0.25, 0.3) is 11.6 Å². The van der Waals surface area contributed by atoms with Crippen LogP contribution in [0.25, 0.3) is 5.70 Å². The van der Waals surface area contributed by atoms with E-state index in [4.69, 9.17) is 4.99 Å². The number of rotatable bonds is 4. The lowest BCUT2D eigenvalue weighted by Crippen LogP contribution is -2.50. The van der Waals surface area contributed by atoms with E-state index in [1.807, 2.05) is 24.3 Å². The summed E-state index contributed by atoms with van der Waals surface area (Å²) in [5.74, 6) is 0.328. The van der Waals surface area contributed by atoms with Crippen molar-refractivity contribution in [2.24, 2.45) is 10.1 Å². The Morgan fingerprint density at radius 2 is 2.00 bits per heavy atom. The minimum absolute atomic E-state index is 0.00808. The van der Waals surface area contributed by atoms with Gasteiger partial charge >= 0.3 is 0 Å². The first-order valence-corrected chi connectivity index (χ1v) is 9.41. The summed E-state index contributed by atoms with van der Waals surface area (Å²) in [7, 11) is 0. The fourth-order valence-corrected chi connectivity index (χ4v) is 3.60. The first kappa shape index (κ1) is 17.9. The molecule has 1 atom stereocenters. The summed E-state index contributed by atoms with van der Waals surface area (Å²) in [5.41, 5.74) is 1.09. The maximum absolute atomic E-state index is 12.8. The van der Waals surface area contributed by atoms with E-state index in [1.165, 1.54) is 23.9 Å². The van der Waals surface area contributed by atoms with Crippen molar-refractivity contribution in [1.82, 2.24) is 10.3 Å². The summed E-state index contributed by atoms with van der Waals surface area (Å²) >= 11 is 1.36. The van der Waals surface area contributed by atoms with E-state index in [1.54, 1.807) is 23.2 Å². The molecule has 0 unspecified atom stereocenters. The normalized spacial score (nSPS) is 17.6. The van der Waals surface area contributed by atoms with Gasteiger partial charge in [0, 0.05) is 23.1 Å². The molecular formula is C19H15N5O3S. The Morgan fingerprint density at radius 1 is 1.25 bits per heavy atom. The number of hydrogen-bond acceptors (Lipinski definition) is 7. The third-order valence-corrected chi connectivity index (χ3v) is 5.11. The van der Waals surface area contributed by atoms with Gasteiger partial charge in [-0.3, -0.25) is 25.2 Å². The van der Waals surface area contributed by atoms with Crippen LogP contribution in [0.3, 0.4) is 0 Å². The fraction of sp³-hybridized carbons (Fsp3) is 0.105. The number of amides is 1. The van der Waals surface area contributed by atoms with Crippen LogP contribution in [0, 0.1) is 10.1 Å². The van der Waals surface area contributed by atoms with Gasteiger partial charge in [-0.2, -0.15) is 0 Å². The van der Waals surface area contributed by atoms with Crippen LogP contribution in [0.5, 0.6) is 0 Å². The molecule has 2 aliphatic heterocycles. The number of nitrogens with zero attached hydrogens (tertiary/aromatic N) is 4. The SMILES string of the molecule is C=CCSC1=NN2C(=c3ccccc3=N[C@@H]2c2ccc([N+](=O)[O-])cc2)C(=O)N1. The summed E-state index contributed by atoms with van der Waals surface area (Å²) in [4.78, 5) is 28.1. The van der Waals surface area contributed by atoms with Crippen LogP contribution in [0.2, 0.25) is 0 Å². The van der Waals surface area contributed by atoms with Crippen LogP contribution in [0.15, 0.2) is 71.3 Å². The van der Waals surface area contributed by atoms with Gasteiger partial charge < -0.3 is 0 Å². The Bertz CT molecular complexity index is 1130. The summed E-state index contributed by atoms with van der Waals surface area (Å²) < 4.78 is 0. The van der Waals surface area contributed by atoms with Gasteiger partial charge in [0.2, 0.25) is 0 Å². The standard InChI is InChI=1S/C19H15N5O3S/c1-2-11-28-19-21-18(25)16-14-5-3-4-6-15(14)20-17(23(16)22-19)12-7-9-13(10-8-12)24(26)27/h2-10,17H,1,11H2,(H,21,22,25)/t17-/m0/s1. The molecule has 8 nitrogen and oxygen atoms in total. The number of carbonyl (C=O) groups is 1. The number of carbonyl (C=O) groups excluding carboxylic acids is 1. The Hall–Kier alpha value is -3.46. The number of non-ortho nitro benzene ring substituents is 1. The predicted octanol–water partition coefficient (Wildman–Crippen LogP) is 1.66. The smallest absolute Gasteiger partial charge is 0.276 e. The average molecular weight is 393 g/mol. The second-order valence-corrected chi connectivity index (χ2v) is 7.03. The quantitative estimate of drug-likeness (QED) is 0.484. The van der Waals surface area contributed by atoms with E-state index in [9.17, 15) is 14.9 Å². The third-order valence-electron chi connectivity index (χ3n) is 4.26. The fourth-order valence-electron chi connectivity index (χ4n) is 3.02. The number of benzene rings is 2. The van der Waals surface area contributed by atoms with E-state index in [-0.39, 0.29) is 11.6 Å². The summed E-state index contributed by atoms with van der Waals surface area (Å²) in [5, 5.41) is 21.7. The second kappa shape index (κ2) is 7.28. The molecule has 1 N–H and O–H groups in total. The second-order valence-electron chi connectivity index (χ2n) is 6.02. The highest BCUT2D eigenvalue weighted by atomic mass is 32.2. The van der Waals surface area contributed by atoms with Crippen molar-refractivity contribution in [3.63, 3.8) is 0 Å². The van der Waals surface area contributed by atoms with Crippen LogP contribution in [0.1, 0.15) is 11.7 Å². The molecule has 140 valence electrons. The summed E-state index contributed by atoms with van der Waals surface area (Å²) in [6, 6.07) is 13.5. The summed E-state index contributed by atoms with van der Waals surface area (Å²) in [6.07, 6.45) is 1.12. The zero-order valence-electron chi connectivity index (χ0n) is 14.6. The van der Waals surface area contributed by atoms with E-state index in [0.29, 0.717) is 32.8 Å². The number of nitro groups is 1. The van der Waals surface area contributed by atoms with Crippen LogP contribution >= 0.6 is 11.8 Å². The Morgan fingerprint density at radius 3 is 2.71 bits per heavy atom. The molecule has 0 aliphatic carbocycles. The number of nitrogens with one attached hydrogen (secondary N) is 1. The molecule has 0 spiro atoms. The van der Waals surface area contributed by atoms with Crippen LogP contribution < -0.4 is 15.9 Å². The average Bonchev–Trinajstić information content (AvgIpc) is 2.71. The molecule has 4 rings (SSSR count). The highest BCUT2D eigenvalue weighted by Crippen LogP contribution is 2.31. The van der Waals surface area contributed by atoms with Gasteiger partial charge in [-0.05, 0) is 23.8 Å². The number of nitro benzene ring substituents is 1. The van der Waals surface area contributed by atoms with Crippen molar-refractivity contribution in [3.05, 3.63) is 87.4 Å². The number of para-hydroxylation sites is 1. The molecule has 28 heavy (non-hydrogen) atoms. The molecule has 2 aliphatic rings. The van der Waals surface area contributed by atoms with E-state index in [2.05, 4.69) is 17.0 Å². The molecule has 1 amide bonds. The molecule has 0 fully saturated rings. The van der Waals surface area contributed by atoms with Gasteiger partial charge in [-0.15, -0.1) is 11.7 Å².